The van der Waals surface area contributed by atoms with Gasteiger partial charge in [-0.15, -0.1) is 11.3 Å². The van der Waals surface area contributed by atoms with Crippen LogP contribution in [-0.4, -0.2) is 28.8 Å². The summed E-state index contributed by atoms with van der Waals surface area (Å²) < 4.78 is 0. The van der Waals surface area contributed by atoms with E-state index in [1.165, 1.54) is 4.88 Å². The molecule has 3 heterocycles. The van der Waals surface area contributed by atoms with Gasteiger partial charge in [0.15, 0.2) is 5.78 Å². The molecule has 0 amide bonds. The molecule has 1 aliphatic heterocycles. The molecule has 4 rings (SSSR count). The smallest absolute Gasteiger partial charge is 0.167 e. The summed E-state index contributed by atoms with van der Waals surface area (Å²) in [5.41, 5.74) is 2.28. The van der Waals surface area contributed by atoms with Crippen molar-refractivity contribution in [2.45, 2.75) is 20.4 Å². The van der Waals surface area contributed by atoms with Crippen molar-refractivity contribution in [2.24, 2.45) is 5.41 Å². The lowest BCUT2D eigenvalue weighted by Crippen LogP contribution is -2.47. The van der Waals surface area contributed by atoms with E-state index in [2.05, 4.69) is 34.5 Å². The van der Waals surface area contributed by atoms with E-state index in [0.717, 1.165) is 35.3 Å². The molecule has 0 spiro atoms. The molecule has 1 aromatic carbocycles. The standard InChI is InChI=1S/C22H22N2OS/c1-22(2)15-24(14-19-7-5-11-26-19)13-17(21(22)25)12-18-10-9-16-6-3-4-8-20(16)23-18/h3-12H,13-15H2,1-2H3. The first-order valence-electron chi connectivity index (χ1n) is 8.87. The molecule has 0 bridgehead atoms. The highest BCUT2D eigenvalue weighted by atomic mass is 32.1. The van der Waals surface area contributed by atoms with Crippen molar-refractivity contribution in [2.75, 3.05) is 13.1 Å². The van der Waals surface area contributed by atoms with Crippen LogP contribution in [0.5, 0.6) is 0 Å². The van der Waals surface area contributed by atoms with Crippen molar-refractivity contribution in [3.63, 3.8) is 0 Å². The van der Waals surface area contributed by atoms with Gasteiger partial charge in [0.1, 0.15) is 0 Å². The predicted molar refractivity (Wildman–Crippen MR) is 108 cm³/mol. The quantitative estimate of drug-likeness (QED) is 0.628. The molecule has 0 saturated carbocycles. The molecule has 2 aromatic heterocycles. The van der Waals surface area contributed by atoms with Gasteiger partial charge in [0.2, 0.25) is 0 Å². The number of nitrogens with zero attached hydrogens (tertiary/aromatic N) is 2. The summed E-state index contributed by atoms with van der Waals surface area (Å²) in [6.45, 7) is 6.42. The van der Waals surface area contributed by atoms with E-state index in [-0.39, 0.29) is 11.2 Å². The maximum atomic E-state index is 12.9. The SMILES string of the molecule is CC1(C)CN(Cc2cccs2)CC(=Cc2ccc3ccccc3n2)C1=O. The van der Waals surface area contributed by atoms with Gasteiger partial charge in [0.25, 0.3) is 0 Å². The monoisotopic (exact) mass is 362 g/mol. The number of hydrogen-bond donors (Lipinski definition) is 0. The third-order valence-corrected chi connectivity index (χ3v) is 5.68. The van der Waals surface area contributed by atoms with Crippen LogP contribution in [0.25, 0.3) is 17.0 Å². The largest absolute Gasteiger partial charge is 0.294 e. The number of likely N-dealkylation sites (tertiary alicyclic amines) is 1. The lowest BCUT2D eigenvalue weighted by Gasteiger charge is -2.38. The van der Waals surface area contributed by atoms with E-state index >= 15 is 0 Å². The molecule has 4 heteroatoms. The van der Waals surface area contributed by atoms with Crippen LogP contribution in [-0.2, 0) is 11.3 Å². The number of Topliss-reactive ketones (excluding diaryl/α,β-unsaturated/α-hetero) is 1. The summed E-state index contributed by atoms with van der Waals surface area (Å²) in [6, 6.07) is 16.4. The van der Waals surface area contributed by atoms with Crippen LogP contribution in [0.3, 0.4) is 0 Å². The van der Waals surface area contributed by atoms with E-state index in [1.807, 2.05) is 44.2 Å². The fourth-order valence-electron chi connectivity index (χ4n) is 3.62. The van der Waals surface area contributed by atoms with Crippen molar-refractivity contribution in [3.8, 4) is 0 Å². The molecular formula is C22H22N2OS. The second-order valence-corrected chi connectivity index (χ2v) is 8.57. The van der Waals surface area contributed by atoms with Crippen LogP contribution < -0.4 is 0 Å². The Morgan fingerprint density at radius 2 is 2.00 bits per heavy atom. The highest BCUT2D eigenvalue weighted by Crippen LogP contribution is 2.31. The second kappa shape index (κ2) is 6.78. The van der Waals surface area contributed by atoms with Crippen LogP contribution in [0.15, 0.2) is 59.5 Å². The summed E-state index contributed by atoms with van der Waals surface area (Å²) >= 11 is 1.77. The Hall–Kier alpha value is -2.30. The average Bonchev–Trinajstić information content (AvgIpc) is 3.12. The first-order valence-corrected chi connectivity index (χ1v) is 9.75. The Balaban J connectivity index is 1.65. The van der Waals surface area contributed by atoms with Gasteiger partial charge in [0.05, 0.1) is 11.2 Å². The van der Waals surface area contributed by atoms with E-state index in [9.17, 15) is 4.79 Å². The molecule has 0 unspecified atom stereocenters. The minimum Gasteiger partial charge on any atom is -0.294 e. The normalized spacial score (nSPS) is 19.3. The summed E-state index contributed by atoms with van der Waals surface area (Å²) in [4.78, 5) is 21.3. The zero-order valence-electron chi connectivity index (χ0n) is 15.1. The van der Waals surface area contributed by atoms with Crippen LogP contribution in [0, 0.1) is 5.41 Å². The van der Waals surface area contributed by atoms with Gasteiger partial charge in [-0.25, -0.2) is 4.98 Å². The van der Waals surface area contributed by atoms with Gasteiger partial charge in [-0.1, -0.05) is 44.2 Å². The first-order chi connectivity index (χ1) is 12.5. The van der Waals surface area contributed by atoms with Crippen molar-refractivity contribution in [3.05, 3.63) is 70.1 Å². The van der Waals surface area contributed by atoms with Crippen molar-refractivity contribution < 1.29 is 4.79 Å². The van der Waals surface area contributed by atoms with E-state index < -0.39 is 0 Å². The minimum atomic E-state index is -0.377. The topological polar surface area (TPSA) is 33.2 Å². The summed E-state index contributed by atoms with van der Waals surface area (Å²) in [5.74, 6) is 0.231. The van der Waals surface area contributed by atoms with Crippen molar-refractivity contribution in [1.29, 1.82) is 0 Å². The number of aromatic nitrogens is 1. The molecule has 3 nitrogen and oxygen atoms in total. The molecule has 1 fully saturated rings. The van der Waals surface area contributed by atoms with Gasteiger partial charge < -0.3 is 0 Å². The second-order valence-electron chi connectivity index (χ2n) is 7.54. The maximum Gasteiger partial charge on any atom is 0.167 e. The lowest BCUT2D eigenvalue weighted by atomic mass is 9.79. The Morgan fingerprint density at radius 3 is 2.81 bits per heavy atom. The van der Waals surface area contributed by atoms with Gasteiger partial charge in [-0.3, -0.25) is 9.69 Å². The highest BCUT2D eigenvalue weighted by molar-refractivity contribution is 7.09. The number of benzene rings is 1. The van der Waals surface area contributed by atoms with Crippen LogP contribution >= 0.6 is 11.3 Å². The lowest BCUT2D eigenvalue weighted by molar-refractivity contribution is -0.126. The molecule has 3 aromatic rings. The first kappa shape index (κ1) is 17.1. The van der Waals surface area contributed by atoms with Crippen LogP contribution in [0.4, 0.5) is 0 Å². The number of pyridine rings is 1. The maximum absolute atomic E-state index is 12.9. The van der Waals surface area contributed by atoms with Crippen LogP contribution in [0.2, 0.25) is 0 Å². The summed E-state index contributed by atoms with van der Waals surface area (Å²) in [7, 11) is 0. The third kappa shape index (κ3) is 3.48. The molecule has 0 radical (unpaired) electrons. The number of fused-ring (bicyclic) bond motifs is 1. The Bertz CT molecular complexity index is 973. The number of carbonyl (C=O) groups excluding carboxylic acids is 1. The van der Waals surface area contributed by atoms with Crippen molar-refractivity contribution >= 4 is 34.1 Å². The minimum absolute atomic E-state index is 0.231. The van der Waals surface area contributed by atoms with E-state index in [0.29, 0.717) is 6.54 Å². The molecule has 0 N–H and O–H groups in total. The van der Waals surface area contributed by atoms with Crippen molar-refractivity contribution in [1.82, 2.24) is 9.88 Å². The van der Waals surface area contributed by atoms with Gasteiger partial charge >= 0.3 is 0 Å². The number of carbonyl (C=O) groups is 1. The Morgan fingerprint density at radius 1 is 1.15 bits per heavy atom. The number of para-hydroxylation sites is 1. The Kier molecular flexibility index (Phi) is 4.47. The number of piperidine rings is 1. The molecule has 0 aliphatic carbocycles. The summed E-state index contributed by atoms with van der Waals surface area (Å²) in [6.07, 6.45) is 1.97. The fourth-order valence-corrected chi connectivity index (χ4v) is 4.37. The highest BCUT2D eigenvalue weighted by Gasteiger charge is 2.37. The van der Waals surface area contributed by atoms with E-state index in [1.54, 1.807) is 11.3 Å². The fraction of sp³-hybridized carbons (Fsp3) is 0.273. The van der Waals surface area contributed by atoms with Gasteiger partial charge in [0, 0.05) is 40.9 Å². The molecule has 1 saturated heterocycles. The zero-order valence-corrected chi connectivity index (χ0v) is 15.9. The average molecular weight is 362 g/mol. The molecule has 1 aliphatic rings. The molecule has 132 valence electrons. The number of ketones is 1. The zero-order chi connectivity index (χ0) is 18.1. The van der Waals surface area contributed by atoms with Gasteiger partial charge in [-0.2, -0.15) is 0 Å². The summed E-state index contributed by atoms with van der Waals surface area (Å²) in [5, 5.41) is 3.22. The van der Waals surface area contributed by atoms with Crippen LogP contribution in [0.1, 0.15) is 24.4 Å². The number of rotatable bonds is 3. The molecular weight excluding hydrogens is 340 g/mol. The number of thiophene rings is 1. The third-order valence-electron chi connectivity index (χ3n) is 4.82. The number of hydrogen-bond acceptors (Lipinski definition) is 4. The Labute approximate surface area is 158 Å². The molecule has 0 atom stereocenters. The van der Waals surface area contributed by atoms with Gasteiger partial charge in [-0.05, 0) is 29.7 Å². The van der Waals surface area contributed by atoms with E-state index in [4.69, 9.17) is 4.98 Å². The predicted octanol–water partition coefficient (Wildman–Crippen LogP) is 4.79. The molecule has 26 heavy (non-hydrogen) atoms.